The summed E-state index contributed by atoms with van der Waals surface area (Å²) in [7, 11) is -10.3. The highest BCUT2D eigenvalue weighted by atomic mass is 32.3. The lowest BCUT2D eigenvalue weighted by Gasteiger charge is -2.39. The van der Waals surface area contributed by atoms with Gasteiger partial charge in [0.1, 0.15) is 4.90 Å². The van der Waals surface area contributed by atoms with E-state index in [1.165, 1.54) is 37.4 Å². The molecule has 228 valence electrons. The molecule has 0 fully saturated rings. The summed E-state index contributed by atoms with van der Waals surface area (Å²) in [6.07, 6.45) is 0. The largest absolute Gasteiger partial charge is 0.493 e. The summed E-state index contributed by atoms with van der Waals surface area (Å²) in [6, 6.07) is 43.4. The maximum Gasteiger partial charge on any atom is 0.339 e. The Hall–Kier alpha value is -4.61. The summed E-state index contributed by atoms with van der Waals surface area (Å²) in [5.74, 6) is -0.263. The van der Waals surface area contributed by atoms with Crippen LogP contribution in [-0.4, -0.2) is 23.9 Å². The first-order valence-corrected chi connectivity index (χ1v) is 18.2. The van der Waals surface area contributed by atoms with Crippen LogP contribution in [0.5, 0.6) is 11.5 Å². The van der Waals surface area contributed by atoms with Crippen LogP contribution >= 0.6 is 10.3 Å². The van der Waals surface area contributed by atoms with Gasteiger partial charge < -0.3 is 8.92 Å². The van der Waals surface area contributed by atoms with Crippen molar-refractivity contribution in [2.24, 2.45) is 0 Å². The van der Waals surface area contributed by atoms with Crippen LogP contribution in [0.2, 0.25) is 0 Å². The number of rotatable bonds is 10. The standard InChI is InChI=1S/C35H28O7S3/c1-40-35-26-33(23-24-34(35)41-44(36,37)32-22-21-27-13-11-12-14-28(27)25-32)45(38,39)42-43(29-15-5-2-6-16-29,30-17-7-3-8-18-30)31-19-9-4-10-20-31/h2-26H,1H3. The molecular formula is C35H28O7S3. The van der Waals surface area contributed by atoms with Crippen molar-refractivity contribution < 1.29 is 29.4 Å². The number of fused-ring (bicyclic) bond motifs is 1. The third-order valence-corrected chi connectivity index (χ3v) is 13.5. The monoisotopic (exact) mass is 656 g/mol. The van der Waals surface area contributed by atoms with Gasteiger partial charge in [-0.15, -0.1) is 0 Å². The molecule has 0 aliphatic heterocycles. The van der Waals surface area contributed by atoms with Crippen molar-refractivity contribution in [1.82, 2.24) is 0 Å². The molecule has 6 aromatic carbocycles. The second-order valence-electron chi connectivity index (χ2n) is 9.88. The van der Waals surface area contributed by atoms with Gasteiger partial charge >= 0.3 is 20.2 Å². The average Bonchev–Trinajstić information content (AvgIpc) is 3.08. The van der Waals surface area contributed by atoms with Gasteiger partial charge in [-0.2, -0.15) is 16.8 Å². The van der Waals surface area contributed by atoms with Crippen molar-refractivity contribution in [2.75, 3.05) is 7.11 Å². The predicted octanol–water partition coefficient (Wildman–Crippen LogP) is 8.22. The SMILES string of the molecule is COc1cc(S(=O)(=O)OS(c2ccccc2)(c2ccccc2)c2ccccc2)ccc1OS(=O)(=O)c1ccc2ccccc2c1. The van der Waals surface area contributed by atoms with Crippen LogP contribution < -0.4 is 8.92 Å². The van der Waals surface area contributed by atoms with Gasteiger partial charge in [0, 0.05) is 20.8 Å². The normalized spacial score (nSPS) is 12.5. The molecule has 0 bridgehead atoms. The highest BCUT2D eigenvalue weighted by Gasteiger charge is 2.38. The van der Waals surface area contributed by atoms with Crippen LogP contribution in [0.3, 0.4) is 0 Å². The second-order valence-corrected chi connectivity index (χ2v) is 15.9. The molecule has 0 aromatic heterocycles. The average molecular weight is 657 g/mol. The number of ether oxygens (including phenoxy) is 1. The summed E-state index contributed by atoms with van der Waals surface area (Å²) in [6.45, 7) is 0. The Bertz CT molecular complexity index is 2070. The van der Waals surface area contributed by atoms with E-state index in [0.717, 1.165) is 10.8 Å². The van der Waals surface area contributed by atoms with E-state index in [0.29, 0.717) is 14.7 Å². The summed E-state index contributed by atoms with van der Waals surface area (Å²) in [4.78, 5) is 1.76. The van der Waals surface area contributed by atoms with Gasteiger partial charge in [-0.25, -0.2) is 3.63 Å². The predicted molar refractivity (Wildman–Crippen MR) is 175 cm³/mol. The van der Waals surface area contributed by atoms with Gasteiger partial charge in [0.05, 0.1) is 12.0 Å². The second kappa shape index (κ2) is 12.4. The van der Waals surface area contributed by atoms with Crippen molar-refractivity contribution in [1.29, 1.82) is 0 Å². The fraction of sp³-hybridized carbons (Fsp3) is 0.0286. The van der Waals surface area contributed by atoms with Crippen LogP contribution in [0, 0.1) is 0 Å². The van der Waals surface area contributed by atoms with Crippen molar-refractivity contribution in [3.05, 3.63) is 152 Å². The van der Waals surface area contributed by atoms with E-state index in [9.17, 15) is 16.8 Å². The van der Waals surface area contributed by atoms with E-state index in [2.05, 4.69) is 0 Å². The zero-order valence-corrected chi connectivity index (χ0v) is 26.5. The molecule has 0 amide bonds. The molecule has 6 aromatic rings. The third kappa shape index (κ3) is 6.05. The molecule has 10 heteroatoms. The molecule has 0 radical (unpaired) electrons. The Labute approximate surface area is 264 Å². The number of hydrogen-bond acceptors (Lipinski definition) is 7. The number of hydrogen-bond donors (Lipinski definition) is 0. The minimum Gasteiger partial charge on any atom is -0.493 e. The van der Waals surface area contributed by atoms with E-state index in [-0.39, 0.29) is 21.3 Å². The minimum absolute atomic E-state index is 0.0507. The van der Waals surface area contributed by atoms with E-state index >= 15 is 0 Å². The lowest BCUT2D eigenvalue weighted by molar-refractivity contribution is 0.389. The van der Waals surface area contributed by atoms with Crippen LogP contribution in [-0.2, 0) is 23.9 Å². The topological polar surface area (TPSA) is 96.0 Å². The first kappa shape index (κ1) is 30.4. The summed E-state index contributed by atoms with van der Waals surface area (Å²) >= 11 is 0. The van der Waals surface area contributed by atoms with E-state index in [1.807, 2.05) is 109 Å². The molecule has 0 aliphatic rings. The molecule has 0 saturated heterocycles. The van der Waals surface area contributed by atoms with Crippen molar-refractivity contribution in [3.63, 3.8) is 0 Å². The van der Waals surface area contributed by atoms with Gasteiger partial charge in [0.15, 0.2) is 11.5 Å². The molecule has 0 N–H and O–H groups in total. The highest BCUT2D eigenvalue weighted by molar-refractivity contribution is 8.33. The maximum absolute atomic E-state index is 14.2. The van der Waals surface area contributed by atoms with Crippen LogP contribution in [0.4, 0.5) is 0 Å². The summed E-state index contributed by atoms with van der Waals surface area (Å²) in [5, 5.41) is 1.61. The molecule has 45 heavy (non-hydrogen) atoms. The van der Waals surface area contributed by atoms with Crippen molar-refractivity contribution in [3.8, 4) is 11.5 Å². The summed E-state index contributed by atoms with van der Waals surface area (Å²) in [5.41, 5.74) is 0. The number of methoxy groups -OCH3 is 1. The lowest BCUT2D eigenvalue weighted by Crippen LogP contribution is -2.15. The van der Waals surface area contributed by atoms with Crippen LogP contribution in [0.1, 0.15) is 0 Å². The first-order chi connectivity index (χ1) is 21.7. The highest BCUT2D eigenvalue weighted by Crippen LogP contribution is 2.70. The smallest absolute Gasteiger partial charge is 0.339 e. The van der Waals surface area contributed by atoms with Gasteiger partial charge in [0.25, 0.3) is 0 Å². The van der Waals surface area contributed by atoms with Gasteiger partial charge in [-0.3, -0.25) is 0 Å². The molecule has 0 heterocycles. The quantitative estimate of drug-likeness (QED) is 0.137. The fourth-order valence-electron chi connectivity index (χ4n) is 4.90. The van der Waals surface area contributed by atoms with E-state index in [4.69, 9.17) is 12.5 Å². The van der Waals surface area contributed by atoms with Crippen molar-refractivity contribution >= 4 is 41.3 Å². The molecule has 0 atom stereocenters. The Balaban J connectivity index is 1.41. The van der Waals surface area contributed by atoms with Gasteiger partial charge in [-0.05, 0) is 81.7 Å². The van der Waals surface area contributed by atoms with Gasteiger partial charge in [0.2, 0.25) is 0 Å². The van der Waals surface area contributed by atoms with Crippen LogP contribution in [0.25, 0.3) is 10.8 Å². The molecule has 7 nitrogen and oxygen atoms in total. The van der Waals surface area contributed by atoms with Crippen molar-refractivity contribution in [2.45, 2.75) is 24.5 Å². The maximum atomic E-state index is 14.2. The Morgan fingerprint density at radius 2 is 0.889 bits per heavy atom. The Morgan fingerprint density at radius 3 is 1.42 bits per heavy atom. The Morgan fingerprint density at radius 1 is 0.422 bits per heavy atom. The van der Waals surface area contributed by atoms with Crippen LogP contribution in [0.15, 0.2) is 176 Å². The molecule has 0 unspecified atom stereocenters. The zero-order valence-electron chi connectivity index (χ0n) is 24.0. The van der Waals surface area contributed by atoms with E-state index < -0.39 is 30.5 Å². The summed E-state index contributed by atoms with van der Waals surface area (Å²) < 4.78 is 72.0. The molecule has 6 rings (SSSR count). The minimum atomic E-state index is -4.48. The molecule has 0 saturated carbocycles. The Kier molecular flexibility index (Phi) is 8.39. The first-order valence-electron chi connectivity index (χ1n) is 13.8. The zero-order chi connectivity index (χ0) is 31.5. The molecular weight excluding hydrogens is 629 g/mol. The lowest BCUT2D eigenvalue weighted by atomic mass is 10.1. The molecule has 0 spiro atoms. The number of benzene rings is 6. The molecule has 0 aliphatic carbocycles. The van der Waals surface area contributed by atoms with Gasteiger partial charge in [-0.1, -0.05) is 84.9 Å². The third-order valence-electron chi connectivity index (χ3n) is 7.05. The fourth-order valence-corrected chi connectivity index (χ4v) is 11.1. The van der Waals surface area contributed by atoms with E-state index in [1.54, 1.807) is 12.1 Å².